The number of primary amides is 1. The monoisotopic (exact) mass is 326 g/mol. The summed E-state index contributed by atoms with van der Waals surface area (Å²) in [7, 11) is 0. The van der Waals surface area contributed by atoms with E-state index in [4.69, 9.17) is 10.5 Å². The fraction of sp³-hybridized carbons (Fsp3) is 0.368. The van der Waals surface area contributed by atoms with Crippen LogP contribution < -0.4 is 5.73 Å². The highest BCUT2D eigenvalue weighted by molar-refractivity contribution is 5.88. The lowest BCUT2D eigenvalue weighted by molar-refractivity contribution is -0.138. The number of amides is 2. The number of hydrogen-bond donors (Lipinski definition) is 1. The Bertz CT molecular complexity index is 733. The van der Waals surface area contributed by atoms with Crippen molar-refractivity contribution in [1.82, 2.24) is 4.90 Å². The second kappa shape index (κ2) is 7.45. The Labute approximate surface area is 141 Å². The Morgan fingerprint density at radius 3 is 2.54 bits per heavy atom. The van der Waals surface area contributed by atoms with Crippen LogP contribution in [0.1, 0.15) is 12.0 Å². The lowest BCUT2D eigenvalue weighted by Gasteiger charge is -2.28. The number of rotatable bonds is 5. The first-order valence-electron chi connectivity index (χ1n) is 8.26. The van der Waals surface area contributed by atoms with Crippen LogP contribution in [0.25, 0.3) is 10.8 Å². The SMILES string of the molecule is NC(=O)C(CC(=O)N1CCOCC1)Cc1cccc2ccccc12. The van der Waals surface area contributed by atoms with Gasteiger partial charge in [0, 0.05) is 19.5 Å². The zero-order valence-electron chi connectivity index (χ0n) is 13.6. The molecule has 1 fully saturated rings. The molecule has 5 heteroatoms. The number of hydrogen-bond acceptors (Lipinski definition) is 3. The molecule has 1 atom stereocenters. The van der Waals surface area contributed by atoms with E-state index in [1.54, 1.807) is 4.90 Å². The van der Waals surface area contributed by atoms with Gasteiger partial charge in [-0.05, 0) is 22.8 Å². The summed E-state index contributed by atoms with van der Waals surface area (Å²) in [5.74, 6) is -0.946. The molecule has 1 aliphatic heterocycles. The lowest BCUT2D eigenvalue weighted by Crippen LogP contribution is -2.42. The minimum absolute atomic E-state index is 0.0256. The summed E-state index contributed by atoms with van der Waals surface area (Å²) < 4.78 is 5.26. The molecule has 0 aromatic heterocycles. The van der Waals surface area contributed by atoms with E-state index >= 15 is 0 Å². The van der Waals surface area contributed by atoms with Crippen molar-refractivity contribution in [3.05, 3.63) is 48.0 Å². The van der Waals surface area contributed by atoms with Gasteiger partial charge in [0.15, 0.2) is 0 Å². The van der Waals surface area contributed by atoms with Crippen LogP contribution in [0.15, 0.2) is 42.5 Å². The van der Waals surface area contributed by atoms with Gasteiger partial charge in [-0.2, -0.15) is 0 Å². The zero-order chi connectivity index (χ0) is 16.9. The summed E-state index contributed by atoms with van der Waals surface area (Å²) in [6.07, 6.45) is 0.630. The second-order valence-corrected chi connectivity index (χ2v) is 6.14. The third-order valence-corrected chi connectivity index (χ3v) is 4.53. The number of morpholine rings is 1. The van der Waals surface area contributed by atoms with Crippen LogP contribution in [0.3, 0.4) is 0 Å². The zero-order valence-corrected chi connectivity index (χ0v) is 13.6. The first-order chi connectivity index (χ1) is 11.6. The number of carbonyl (C=O) groups is 2. The molecule has 0 aliphatic carbocycles. The first-order valence-corrected chi connectivity index (χ1v) is 8.26. The van der Waals surface area contributed by atoms with Crippen LogP contribution in [-0.4, -0.2) is 43.0 Å². The predicted octanol–water partition coefficient (Wildman–Crippen LogP) is 1.73. The third-order valence-electron chi connectivity index (χ3n) is 4.53. The maximum absolute atomic E-state index is 12.4. The van der Waals surface area contributed by atoms with E-state index in [0.717, 1.165) is 16.3 Å². The molecular weight excluding hydrogens is 304 g/mol. The van der Waals surface area contributed by atoms with E-state index < -0.39 is 11.8 Å². The number of nitrogens with zero attached hydrogens (tertiary/aromatic N) is 1. The molecule has 0 saturated carbocycles. The molecule has 2 amide bonds. The van der Waals surface area contributed by atoms with Gasteiger partial charge in [-0.25, -0.2) is 0 Å². The van der Waals surface area contributed by atoms with Crippen molar-refractivity contribution >= 4 is 22.6 Å². The van der Waals surface area contributed by atoms with Crippen LogP contribution in [0.2, 0.25) is 0 Å². The van der Waals surface area contributed by atoms with Gasteiger partial charge in [-0.3, -0.25) is 9.59 Å². The van der Waals surface area contributed by atoms with Gasteiger partial charge >= 0.3 is 0 Å². The van der Waals surface area contributed by atoms with Crippen LogP contribution in [0.5, 0.6) is 0 Å². The van der Waals surface area contributed by atoms with Crippen LogP contribution in [-0.2, 0) is 20.7 Å². The summed E-state index contributed by atoms with van der Waals surface area (Å²) in [4.78, 5) is 26.1. The van der Waals surface area contributed by atoms with E-state index in [1.807, 2.05) is 42.5 Å². The molecule has 1 saturated heterocycles. The van der Waals surface area contributed by atoms with Gasteiger partial charge in [-0.15, -0.1) is 0 Å². The topological polar surface area (TPSA) is 72.6 Å². The average Bonchev–Trinajstić information content (AvgIpc) is 2.62. The van der Waals surface area contributed by atoms with Gasteiger partial charge < -0.3 is 15.4 Å². The average molecular weight is 326 g/mol. The van der Waals surface area contributed by atoms with Gasteiger partial charge in [0.05, 0.1) is 19.1 Å². The summed E-state index contributed by atoms with van der Waals surface area (Å²) in [5.41, 5.74) is 6.62. The fourth-order valence-electron chi connectivity index (χ4n) is 3.16. The van der Waals surface area contributed by atoms with Crippen LogP contribution in [0.4, 0.5) is 0 Å². The van der Waals surface area contributed by atoms with E-state index in [2.05, 4.69) is 0 Å². The minimum Gasteiger partial charge on any atom is -0.378 e. The summed E-state index contributed by atoms with van der Waals surface area (Å²) in [6.45, 7) is 2.27. The number of carbonyl (C=O) groups excluding carboxylic acids is 2. The Hall–Kier alpha value is -2.40. The molecular formula is C19H22N2O3. The van der Waals surface area contributed by atoms with Crippen molar-refractivity contribution < 1.29 is 14.3 Å². The number of nitrogens with two attached hydrogens (primary N) is 1. The lowest BCUT2D eigenvalue weighted by atomic mass is 9.92. The van der Waals surface area contributed by atoms with E-state index in [0.29, 0.717) is 32.7 Å². The van der Waals surface area contributed by atoms with Gasteiger partial charge in [0.2, 0.25) is 11.8 Å². The van der Waals surface area contributed by atoms with Crippen molar-refractivity contribution in [1.29, 1.82) is 0 Å². The minimum atomic E-state index is -0.494. The highest BCUT2D eigenvalue weighted by Gasteiger charge is 2.25. The molecule has 1 aliphatic rings. The molecule has 2 aromatic carbocycles. The number of fused-ring (bicyclic) bond motifs is 1. The second-order valence-electron chi connectivity index (χ2n) is 6.14. The largest absolute Gasteiger partial charge is 0.378 e. The molecule has 1 heterocycles. The smallest absolute Gasteiger partial charge is 0.223 e. The molecule has 0 bridgehead atoms. The molecule has 2 N–H and O–H groups in total. The molecule has 126 valence electrons. The maximum atomic E-state index is 12.4. The predicted molar refractivity (Wildman–Crippen MR) is 92.4 cm³/mol. The Balaban J connectivity index is 1.76. The molecule has 24 heavy (non-hydrogen) atoms. The molecule has 3 rings (SSSR count). The quantitative estimate of drug-likeness (QED) is 0.909. The van der Waals surface area contributed by atoms with Crippen molar-refractivity contribution in [3.8, 4) is 0 Å². The van der Waals surface area contributed by atoms with Gasteiger partial charge in [0.25, 0.3) is 0 Å². The summed E-state index contributed by atoms with van der Waals surface area (Å²) >= 11 is 0. The Morgan fingerprint density at radius 2 is 1.79 bits per heavy atom. The van der Waals surface area contributed by atoms with E-state index in [9.17, 15) is 9.59 Å². The van der Waals surface area contributed by atoms with Gasteiger partial charge in [-0.1, -0.05) is 42.5 Å². The van der Waals surface area contributed by atoms with Crippen molar-refractivity contribution in [3.63, 3.8) is 0 Å². The van der Waals surface area contributed by atoms with Crippen molar-refractivity contribution in [2.75, 3.05) is 26.3 Å². The van der Waals surface area contributed by atoms with Gasteiger partial charge in [0.1, 0.15) is 0 Å². The van der Waals surface area contributed by atoms with E-state index in [1.165, 1.54) is 0 Å². The normalized spacial score (nSPS) is 16.1. The third kappa shape index (κ3) is 3.74. The van der Waals surface area contributed by atoms with Crippen LogP contribution >= 0.6 is 0 Å². The fourth-order valence-corrected chi connectivity index (χ4v) is 3.16. The molecule has 0 radical (unpaired) electrons. The van der Waals surface area contributed by atoms with Crippen LogP contribution in [0, 0.1) is 5.92 Å². The summed E-state index contributed by atoms with van der Waals surface area (Å²) in [6, 6.07) is 14.0. The summed E-state index contributed by atoms with van der Waals surface area (Å²) in [5, 5.41) is 2.22. The van der Waals surface area contributed by atoms with E-state index in [-0.39, 0.29) is 12.3 Å². The Kier molecular flexibility index (Phi) is 5.11. The Morgan fingerprint density at radius 1 is 1.08 bits per heavy atom. The highest BCUT2D eigenvalue weighted by Crippen LogP contribution is 2.23. The molecule has 1 unspecified atom stereocenters. The maximum Gasteiger partial charge on any atom is 0.223 e. The van der Waals surface area contributed by atoms with Crippen molar-refractivity contribution in [2.45, 2.75) is 12.8 Å². The molecule has 0 spiro atoms. The first kappa shape index (κ1) is 16.5. The standard InChI is InChI=1S/C19H22N2O3/c20-19(23)16(13-18(22)21-8-10-24-11-9-21)12-15-6-3-5-14-4-1-2-7-17(14)15/h1-7,16H,8-13H2,(H2,20,23). The number of ether oxygens (including phenoxy) is 1. The number of benzene rings is 2. The van der Waals surface area contributed by atoms with Crippen molar-refractivity contribution in [2.24, 2.45) is 11.7 Å². The molecule has 5 nitrogen and oxygen atoms in total. The molecule has 2 aromatic rings. The highest BCUT2D eigenvalue weighted by atomic mass is 16.5.